The number of nitrogens with zero attached hydrogens (tertiary/aromatic N) is 3. The van der Waals surface area contributed by atoms with E-state index < -0.39 is 0 Å². The van der Waals surface area contributed by atoms with Crippen LogP contribution in [0.3, 0.4) is 0 Å². The van der Waals surface area contributed by atoms with Crippen LogP contribution in [0.2, 0.25) is 0 Å². The molecule has 0 aliphatic carbocycles. The third-order valence-corrected chi connectivity index (χ3v) is 4.27. The number of fused-ring (bicyclic) bond motifs is 1. The van der Waals surface area contributed by atoms with Crippen LogP contribution in [-0.4, -0.2) is 34.4 Å². The maximum Gasteiger partial charge on any atom is 0.252 e. The van der Waals surface area contributed by atoms with Gasteiger partial charge in [0.05, 0.1) is 29.4 Å². The topological polar surface area (TPSA) is 69.0 Å². The van der Waals surface area contributed by atoms with Crippen LogP contribution in [-0.2, 0) is 11.8 Å². The molecule has 1 atom stereocenters. The van der Waals surface area contributed by atoms with Crippen molar-refractivity contribution in [1.82, 2.24) is 20.1 Å². The molecule has 3 rings (SSSR count). The van der Waals surface area contributed by atoms with Crippen LogP contribution in [0.4, 0.5) is 0 Å². The average molecular weight is 338 g/mol. The number of amides is 1. The standard InChI is InChI=1S/C19H22N4O2/c1-12-6-5-7-14-15(10-13(2)21-18(12)14)19(24)22-16(11-25-4)17-8-9-20-23(17)3/h5-10,16H,11H2,1-4H3,(H,22,24)/t16-/m0/s1. The second-order valence-corrected chi connectivity index (χ2v) is 6.14. The maximum absolute atomic E-state index is 13.0. The summed E-state index contributed by atoms with van der Waals surface area (Å²) in [6.45, 7) is 4.27. The first kappa shape index (κ1) is 17.1. The molecule has 0 aliphatic rings. The number of hydrogen-bond donors (Lipinski definition) is 1. The second-order valence-electron chi connectivity index (χ2n) is 6.14. The summed E-state index contributed by atoms with van der Waals surface area (Å²) in [7, 11) is 3.46. The van der Waals surface area contributed by atoms with E-state index in [0.29, 0.717) is 12.2 Å². The summed E-state index contributed by atoms with van der Waals surface area (Å²) in [6.07, 6.45) is 1.71. The van der Waals surface area contributed by atoms with Crippen molar-refractivity contribution in [2.75, 3.05) is 13.7 Å². The van der Waals surface area contributed by atoms with E-state index in [9.17, 15) is 4.79 Å². The van der Waals surface area contributed by atoms with Crippen LogP contribution in [0.1, 0.15) is 33.4 Å². The minimum absolute atomic E-state index is 0.149. The minimum Gasteiger partial charge on any atom is -0.382 e. The van der Waals surface area contributed by atoms with Gasteiger partial charge in [-0.05, 0) is 31.5 Å². The number of ether oxygens (including phenoxy) is 1. The van der Waals surface area contributed by atoms with Gasteiger partial charge in [-0.2, -0.15) is 5.10 Å². The summed E-state index contributed by atoms with van der Waals surface area (Å²) in [5, 5.41) is 8.09. The summed E-state index contributed by atoms with van der Waals surface area (Å²) >= 11 is 0. The Morgan fingerprint density at radius 3 is 2.80 bits per heavy atom. The first-order valence-corrected chi connectivity index (χ1v) is 8.16. The molecular weight excluding hydrogens is 316 g/mol. The van der Waals surface area contributed by atoms with Gasteiger partial charge in [0.1, 0.15) is 0 Å². The van der Waals surface area contributed by atoms with Gasteiger partial charge in [-0.1, -0.05) is 18.2 Å². The molecule has 6 heteroatoms. The van der Waals surface area contributed by atoms with E-state index in [2.05, 4.69) is 15.4 Å². The molecule has 1 N–H and O–H groups in total. The molecule has 0 fully saturated rings. The first-order valence-electron chi connectivity index (χ1n) is 8.16. The van der Waals surface area contributed by atoms with Gasteiger partial charge in [0.15, 0.2) is 0 Å². The molecule has 0 aliphatic heterocycles. The SMILES string of the molecule is COC[C@H](NC(=O)c1cc(C)nc2c(C)cccc12)c1ccnn1C. The number of rotatable bonds is 5. The van der Waals surface area contributed by atoms with Gasteiger partial charge in [0.25, 0.3) is 5.91 Å². The lowest BCUT2D eigenvalue weighted by Gasteiger charge is -2.19. The molecule has 130 valence electrons. The zero-order valence-corrected chi connectivity index (χ0v) is 14.9. The molecule has 25 heavy (non-hydrogen) atoms. The third-order valence-electron chi connectivity index (χ3n) is 4.27. The molecule has 2 heterocycles. The molecule has 0 radical (unpaired) electrons. The van der Waals surface area contributed by atoms with Crippen LogP contribution < -0.4 is 5.32 Å². The summed E-state index contributed by atoms with van der Waals surface area (Å²) in [6, 6.07) is 9.30. The summed E-state index contributed by atoms with van der Waals surface area (Å²) in [5.74, 6) is -0.149. The Kier molecular flexibility index (Phi) is 4.81. The molecule has 3 aromatic rings. The minimum atomic E-state index is -0.279. The van der Waals surface area contributed by atoms with Crippen molar-refractivity contribution in [2.24, 2.45) is 7.05 Å². The van der Waals surface area contributed by atoms with E-state index in [1.54, 1.807) is 18.0 Å². The van der Waals surface area contributed by atoms with Gasteiger partial charge >= 0.3 is 0 Å². The van der Waals surface area contributed by atoms with E-state index >= 15 is 0 Å². The Bertz CT molecular complexity index is 917. The largest absolute Gasteiger partial charge is 0.382 e. The van der Waals surface area contributed by atoms with Crippen LogP contribution in [0.25, 0.3) is 10.9 Å². The van der Waals surface area contributed by atoms with Gasteiger partial charge in [0.2, 0.25) is 0 Å². The van der Waals surface area contributed by atoms with Crippen LogP contribution in [0.5, 0.6) is 0 Å². The number of carbonyl (C=O) groups is 1. The van der Waals surface area contributed by atoms with Gasteiger partial charge in [-0.15, -0.1) is 0 Å². The van der Waals surface area contributed by atoms with Crippen molar-refractivity contribution in [3.8, 4) is 0 Å². The monoisotopic (exact) mass is 338 g/mol. The molecule has 1 amide bonds. The molecule has 2 aromatic heterocycles. The van der Waals surface area contributed by atoms with E-state index in [1.165, 1.54) is 0 Å². The fraction of sp³-hybridized carbons (Fsp3) is 0.316. The smallest absolute Gasteiger partial charge is 0.252 e. The quantitative estimate of drug-likeness (QED) is 0.776. The highest BCUT2D eigenvalue weighted by Crippen LogP contribution is 2.22. The van der Waals surface area contributed by atoms with Gasteiger partial charge < -0.3 is 10.1 Å². The predicted molar refractivity (Wildman–Crippen MR) is 96.5 cm³/mol. The van der Waals surface area contributed by atoms with E-state index in [-0.39, 0.29) is 11.9 Å². The van der Waals surface area contributed by atoms with Crippen molar-refractivity contribution in [1.29, 1.82) is 0 Å². The maximum atomic E-state index is 13.0. The molecule has 0 bridgehead atoms. The number of pyridine rings is 1. The van der Waals surface area contributed by atoms with Crippen molar-refractivity contribution in [3.05, 3.63) is 59.0 Å². The number of carbonyl (C=O) groups excluding carboxylic acids is 1. The summed E-state index contributed by atoms with van der Waals surface area (Å²) in [5.41, 5.74) is 4.23. The number of nitrogens with one attached hydrogen (secondary N) is 1. The van der Waals surface area contributed by atoms with Crippen LogP contribution in [0, 0.1) is 13.8 Å². The lowest BCUT2D eigenvalue weighted by atomic mass is 10.0. The molecular formula is C19H22N4O2. The lowest BCUT2D eigenvalue weighted by Crippen LogP contribution is -2.33. The fourth-order valence-electron chi connectivity index (χ4n) is 3.04. The normalized spacial score (nSPS) is 12.3. The number of aromatic nitrogens is 3. The Balaban J connectivity index is 1.99. The van der Waals surface area contributed by atoms with Gasteiger partial charge in [0, 0.05) is 31.4 Å². The number of para-hydroxylation sites is 1. The number of hydrogen-bond acceptors (Lipinski definition) is 4. The highest BCUT2D eigenvalue weighted by atomic mass is 16.5. The van der Waals surface area contributed by atoms with Gasteiger partial charge in [-0.25, -0.2) is 0 Å². The van der Waals surface area contributed by atoms with Gasteiger partial charge in [-0.3, -0.25) is 14.5 Å². The van der Waals surface area contributed by atoms with Crippen molar-refractivity contribution in [2.45, 2.75) is 19.9 Å². The van der Waals surface area contributed by atoms with Crippen LogP contribution >= 0.6 is 0 Å². The van der Waals surface area contributed by atoms with E-state index in [0.717, 1.165) is 27.9 Å². The Hall–Kier alpha value is -2.73. The second kappa shape index (κ2) is 7.03. The Morgan fingerprint density at radius 2 is 2.12 bits per heavy atom. The highest BCUT2D eigenvalue weighted by Gasteiger charge is 2.20. The van der Waals surface area contributed by atoms with Crippen LogP contribution in [0.15, 0.2) is 36.5 Å². The summed E-state index contributed by atoms with van der Waals surface area (Å²) in [4.78, 5) is 17.6. The number of methoxy groups -OCH3 is 1. The average Bonchev–Trinajstić information content (AvgIpc) is 3.00. The zero-order chi connectivity index (χ0) is 18.0. The molecule has 0 unspecified atom stereocenters. The first-order chi connectivity index (χ1) is 12.0. The molecule has 6 nitrogen and oxygen atoms in total. The zero-order valence-electron chi connectivity index (χ0n) is 14.9. The third kappa shape index (κ3) is 3.39. The Morgan fingerprint density at radius 1 is 1.32 bits per heavy atom. The molecule has 1 aromatic carbocycles. The van der Waals surface area contributed by atoms with Crippen molar-refractivity contribution in [3.63, 3.8) is 0 Å². The van der Waals surface area contributed by atoms with Crippen molar-refractivity contribution >= 4 is 16.8 Å². The van der Waals surface area contributed by atoms with E-state index in [1.807, 2.05) is 51.2 Å². The number of benzene rings is 1. The van der Waals surface area contributed by atoms with Crippen molar-refractivity contribution < 1.29 is 9.53 Å². The molecule has 0 saturated carbocycles. The lowest BCUT2D eigenvalue weighted by molar-refractivity contribution is 0.0894. The number of aryl methyl sites for hydroxylation is 3. The predicted octanol–water partition coefficient (Wildman–Crippen LogP) is 2.70. The Labute approximate surface area is 146 Å². The highest BCUT2D eigenvalue weighted by molar-refractivity contribution is 6.06. The molecule has 0 spiro atoms. The van der Waals surface area contributed by atoms with E-state index in [4.69, 9.17) is 4.74 Å². The summed E-state index contributed by atoms with van der Waals surface area (Å²) < 4.78 is 7.02. The molecule has 0 saturated heterocycles. The fourth-order valence-corrected chi connectivity index (χ4v) is 3.04.